The predicted octanol–water partition coefficient (Wildman–Crippen LogP) is 7.01. The summed E-state index contributed by atoms with van der Waals surface area (Å²) in [5, 5.41) is 11.5. The maximum Gasteiger partial charge on any atom is 0.416 e. The molecule has 1 aliphatic rings. The van der Waals surface area contributed by atoms with Crippen LogP contribution in [-0.4, -0.2) is 70.1 Å². The lowest BCUT2D eigenvalue weighted by atomic mass is 9.92. The Hall–Kier alpha value is -1.53. The van der Waals surface area contributed by atoms with E-state index in [0.717, 1.165) is 5.56 Å². The average Bonchev–Trinajstić information content (AvgIpc) is 3.19. The Morgan fingerprint density at radius 2 is 1.57 bits per heavy atom. The summed E-state index contributed by atoms with van der Waals surface area (Å²) in [7, 11) is -4.16. The molecule has 7 nitrogen and oxygen atoms in total. The number of rotatable bonds is 12. The van der Waals surface area contributed by atoms with Crippen molar-refractivity contribution in [1.82, 2.24) is 4.90 Å². The fraction of sp³-hybridized carbons (Fsp3) is 0.742. The number of aliphatic hydroxyl groups excluding tert-OH is 1. The molecule has 40 heavy (non-hydrogen) atoms. The summed E-state index contributed by atoms with van der Waals surface area (Å²) in [5.41, 5.74) is 1.02. The average molecular weight is 594 g/mol. The molecule has 1 aliphatic heterocycles. The molecule has 0 saturated carbocycles. The molecule has 9 heteroatoms. The summed E-state index contributed by atoms with van der Waals surface area (Å²) in [4.78, 5) is 27.4. The molecule has 0 aromatic heterocycles. The van der Waals surface area contributed by atoms with Gasteiger partial charge in [0.25, 0.3) is 0 Å². The highest BCUT2D eigenvalue weighted by Crippen LogP contribution is 2.40. The third-order valence-corrected chi connectivity index (χ3v) is 18.4. The van der Waals surface area contributed by atoms with Gasteiger partial charge in [0.15, 0.2) is 16.6 Å². The quantitative estimate of drug-likeness (QED) is 0.262. The van der Waals surface area contributed by atoms with E-state index in [0.29, 0.717) is 13.0 Å². The third-order valence-electron chi connectivity index (χ3n) is 9.35. The number of imide groups is 1. The van der Waals surface area contributed by atoms with Crippen molar-refractivity contribution in [2.45, 2.75) is 123 Å². The van der Waals surface area contributed by atoms with E-state index in [-0.39, 0.29) is 35.1 Å². The molecule has 1 aromatic rings. The summed E-state index contributed by atoms with van der Waals surface area (Å²) in [6, 6.07) is 9.35. The minimum Gasteiger partial charge on any atom is -0.447 e. The first-order valence-electron chi connectivity index (χ1n) is 14.7. The van der Waals surface area contributed by atoms with Crippen molar-refractivity contribution in [2.24, 2.45) is 11.8 Å². The molecule has 0 spiro atoms. The molecule has 0 radical (unpaired) electrons. The minimum atomic E-state index is -2.19. The van der Waals surface area contributed by atoms with Gasteiger partial charge in [-0.2, -0.15) is 0 Å². The number of carbonyl (C=O) groups is 2. The number of ether oxygens (including phenoxy) is 1. The molecule has 2 amide bonds. The lowest BCUT2D eigenvalue weighted by Gasteiger charge is -2.43. The highest BCUT2D eigenvalue weighted by atomic mass is 28.4. The van der Waals surface area contributed by atoms with Gasteiger partial charge in [-0.15, -0.1) is 0 Å². The molecule has 1 unspecified atom stereocenters. The summed E-state index contributed by atoms with van der Waals surface area (Å²) in [5.74, 6) is -1.18. The molecule has 5 atom stereocenters. The Balaban J connectivity index is 2.21. The molecule has 0 bridgehead atoms. The van der Waals surface area contributed by atoms with Crippen LogP contribution in [0.5, 0.6) is 0 Å². The van der Waals surface area contributed by atoms with Crippen LogP contribution >= 0.6 is 0 Å². The van der Waals surface area contributed by atoms with E-state index in [9.17, 15) is 14.7 Å². The van der Waals surface area contributed by atoms with Crippen LogP contribution in [0.2, 0.25) is 36.3 Å². The van der Waals surface area contributed by atoms with Gasteiger partial charge in [-0.1, -0.05) is 85.7 Å². The maximum atomic E-state index is 13.6. The maximum absolute atomic E-state index is 13.6. The lowest BCUT2D eigenvalue weighted by Crippen LogP contribution is -2.50. The SMILES string of the molecule is C[C@H](CO[Si](C)(C)C(C)(C)C)[C@H](C[C@H](O)[C@@H](C)C(=O)N1C(=O)OCC1Cc1ccccc1)O[Si](C)(C)C(C)(C)C. The smallest absolute Gasteiger partial charge is 0.416 e. The van der Waals surface area contributed by atoms with Gasteiger partial charge in [-0.3, -0.25) is 4.79 Å². The van der Waals surface area contributed by atoms with Crippen molar-refractivity contribution in [3.05, 3.63) is 35.9 Å². The van der Waals surface area contributed by atoms with Crippen molar-refractivity contribution in [1.29, 1.82) is 0 Å². The van der Waals surface area contributed by atoms with Crippen LogP contribution in [0.3, 0.4) is 0 Å². The molecule has 1 fully saturated rings. The number of hydrogen-bond donors (Lipinski definition) is 1. The standard InChI is InChI=1S/C31H55NO6Si2/c1-22(20-37-39(9,10)30(3,4)5)27(38-40(11,12)31(6,7)8)19-26(33)23(2)28(34)32-25(21-36-29(32)35)18-24-16-14-13-15-17-24/h13-17,22-23,25-27,33H,18-21H2,1-12H3/t22-,23-,25?,26+,27+/m1/s1. The highest BCUT2D eigenvalue weighted by Gasteiger charge is 2.45. The van der Waals surface area contributed by atoms with Crippen LogP contribution in [0.1, 0.15) is 67.4 Å². The molecule has 228 valence electrons. The monoisotopic (exact) mass is 593 g/mol. The Kier molecular flexibility index (Phi) is 11.4. The van der Waals surface area contributed by atoms with Gasteiger partial charge in [0.1, 0.15) is 6.61 Å². The summed E-state index contributed by atoms with van der Waals surface area (Å²) < 4.78 is 18.7. The van der Waals surface area contributed by atoms with E-state index >= 15 is 0 Å². The number of benzene rings is 1. The Labute approximate surface area is 245 Å². The molecule has 1 saturated heterocycles. The largest absolute Gasteiger partial charge is 0.447 e. The fourth-order valence-corrected chi connectivity index (χ4v) is 6.76. The number of nitrogens with zero attached hydrogens (tertiary/aromatic N) is 1. The van der Waals surface area contributed by atoms with Crippen molar-refractivity contribution in [3.8, 4) is 0 Å². The van der Waals surface area contributed by atoms with E-state index in [4.69, 9.17) is 13.6 Å². The number of amides is 2. The van der Waals surface area contributed by atoms with Crippen LogP contribution in [0.4, 0.5) is 4.79 Å². The van der Waals surface area contributed by atoms with Crippen molar-refractivity contribution >= 4 is 28.6 Å². The first kappa shape index (κ1) is 34.7. The second-order valence-corrected chi connectivity index (χ2v) is 24.3. The highest BCUT2D eigenvalue weighted by molar-refractivity contribution is 6.74. The second-order valence-electron chi connectivity index (χ2n) is 14.7. The van der Waals surface area contributed by atoms with Crippen LogP contribution in [0.25, 0.3) is 0 Å². The third kappa shape index (κ3) is 8.74. The van der Waals surface area contributed by atoms with Gasteiger partial charge in [-0.05, 0) is 54.7 Å². The van der Waals surface area contributed by atoms with E-state index in [2.05, 4.69) is 74.7 Å². The first-order chi connectivity index (χ1) is 18.2. The number of hydrogen-bond acceptors (Lipinski definition) is 6. The Morgan fingerprint density at radius 3 is 2.10 bits per heavy atom. The molecule has 1 N–H and O–H groups in total. The summed E-state index contributed by atoms with van der Waals surface area (Å²) in [6.07, 6.45) is -1.12. The molecular weight excluding hydrogens is 539 g/mol. The van der Waals surface area contributed by atoms with Gasteiger partial charge < -0.3 is 18.7 Å². The molecule has 1 aromatic carbocycles. The van der Waals surface area contributed by atoms with Gasteiger partial charge in [-0.25, -0.2) is 9.69 Å². The van der Waals surface area contributed by atoms with E-state index in [1.165, 1.54) is 4.90 Å². The molecule has 1 heterocycles. The van der Waals surface area contributed by atoms with E-state index < -0.39 is 46.7 Å². The molecule has 0 aliphatic carbocycles. The van der Waals surface area contributed by atoms with Gasteiger partial charge >= 0.3 is 6.09 Å². The molecule has 2 rings (SSSR count). The van der Waals surface area contributed by atoms with Crippen LogP contribution < -0.4 is 0 Å². The zero-order valence-corrected chi connectivity index (χ0v) is 29.0. The van der Waals surface area contributed by atoms with Crippen LogP contribution in [-0.2, 0) is 24.8 Å². The zero-order valence-electron chi connectivity index (χ0n) is 27.0. The van der Waals surface area contributed by atoms with Gasteiger partial charge in [0.05, 0.1) is 24.2 Å². The Morgan fingerprint density at radius 1 is 1.02 bits per heavy atom. The van der Waals surface area contributed by atoms with Crippen molar-refractivity contribution in [2.75, 3.05) is 13.2 Å². The number of carbonyl (C=O) groups excluding carboxylic acids is 2. The first-order valence-corrected chi connectivity index (χ1v) is 20.5. The number of cyclic esters (lactones) is 1. The topological polar surface area (TPSA) is 85.3 Å². The van der Waals surface area contributed by atoms with Crippen molar-refractivity contribution < 1.29 is 28.3 Å². The second kappa shape index (κ2) is 13.2. The summed E-state index contributed by atoms with van der Waals surface area (Å²) in [6.45, 7) is 26.6. The van der Waals surface area contributed by atoms with Crippen LogP contribution in [0.15, 0.2) is 30.3 Å². The van der Waals surface area contributed by atoms with E-state index in [1.807, 2.05) is 30.3 Å². The predicted molar refractivity (Wildman–Crippen MR) is 166 cm³/mol. The zero-order chi connectivity index (χ0) is 30.7. The van der Waals surface area contributed by atoms with Crippen molar-refractivity contribution in [3.63, 3.8) is 0 Å². The van der Waals surface area contributed by atoms with Gasteiger partial charge in [0, 0.05) is 12.5 Å². The summed E-state index contributed by atoms with van der Waals surface area (Å²) >= 11 is 0. The molecular formula is C31H55NO6Si2. The van der Waals surface area contributed by atoms with E-state index in [1.54, 1.807) is 6.92 Å². The lowest BCUT2D eigenvalue weighted by molar-refractivity contribution is -0.137. The number of aliphatic hydroxyl groups is 1. The Bertz CT molecular complexity index is 986. The minimum absolute atomic E-state index is 0.0123. The van der Waals surface area contributed by atoms with Gasteiger partial charge in [0.2, 0.25) is 5.91 Å². The van der Waals surface area contributed by atoms with Crippen LogP contribution in [0, 0.1) is 11.8 Å². The fourth-order valence-electron chi connectivity index (χ4n) is 4.21. The normalized spacial score (nSPS) is 20.2.